The monoisotopic (exact) mass is 638 g/mol. The van der Waals surface area contributed by atoms with Crippen LogP contribution in [-0.2, 0) is 45.9 Å². The standard InChI is InChI=1S/C42H40O2P2/c1-5-15-33(16-6-1)27-45(28-34-17-7-2-8-18-34)31-37-23-13-14-24-38(37)41-26-25-39-40(43-39)42(41,44-41)32-46(29-35-19-9-3-10-20-35)30-36-21-11-4-12-22-36/h1-26,39-40H,27-32H2. The molecule has 2 fully saturated rings. The van der Waals surface area contributed by atoms with Crippen LogP contribution in [-0.4, -0.2) is 24.0 Å². The maximum absolute atomic E-state index is 7.17. The topological polar surface area (TPSA) is 25.1 Å². The van der Waals surface area contributed by atoms with E-state index in [4.69, 9.17) is 9.47 Å². The number of hydrogen-bond acceptors (Lipinski definition) is 2. The molecule has 0 amide bonds. The highest BCUT2D eigenvalue weighted by atomic mass is 31.1. The molecule has 4 heteroatoms. The average Bonchev–Trinajstić information content (AvgIpc) is 4.01. The van der Waals surface area contributed by atoms with E-state index < -0.39 is 13.5 Å². The molecule has 0 spiro atoms. The van der Waals surface area contributed by atoms with Gasteiger partial charge in [-0.25, -0.2) is 0 Å². The summed E-state index contributed by atoms with van der Waals surface area (Å²) in [5.41, 5.74) is 7.74. The summed E-state index contributed by atoms with van der Waals surface area (Å²) in [6.07, 6.45) is 11.5. The Bertz CT molecular complexity index is 1700. The molecule has 5 aromatic rings. The molecule has 46 heavy (non-hydrogen) atoms. The molecular weight excluding hydrogens is 598 g/mol. The van der Waals surface area contributed by atoms with Gasteiger partial charge in [-0.15, -0.1) is 0 Å². The van der Waals surface area contributed by atoms with Crippen molar-refractivity contribution in [3.63, 3.8) is 0 Å². The zero-order valence-corrected chi connectivity index (χ0v) is 27.9. The minimum Gasteiger partial charge on any atom is -0.362 e. The Hall–Kier alpha value is -3.38. The molecule has 0 N–H and O–H groups in total. The lowest BCUT2D eigenvalue weighted by Gasteiger charge is -2.27. The van der Waals surface area contributed by atoms with Crippen molar-refractivity contribution in [3.8, 4) is 0 Å². The third kappa shape index (κ3) is 6.17. The first-order chi connectivity index (χ1) is 22.7. The lowest BCUT2D eigenvalue weighted by Crippen LogP contribution is -2.36. The van der Waals surface area contributed by atoms with Gasteiger partial charge in [0, 0.05) is 6.16 Å². The fourth-order valence-corrected chi connectivity index (χ4v) is 13.0. The van der Waals surface area contributed by atoms with Gasteiger partial charge in [-0.3, -0.25) is 0 Å². The summed E-state index contributed by atoms with van der Waals surface area (Å²) in [6.45, 7) is 0. The lowest BCUT2D eigenvalue weighted by molar-refractivity contribution is 0.243. The molecule has 4 atom stereocenters. The van der Waals surface area contributed by atoms with Crippen molar-refractivity contribution in [3.05, 3.63) is 191 Å². The summed E-state index contributed by atoms with van der Waals surface area (Å²) >= 11 is 0. The van der Waals surface area contributed by atoms with Crippen LogP contribution in [0.2, 0.25) is 0 Å². The molecule has 0 radical (unpaired) electrons. The van der Waals surface area contributed by atoms with Gasteiger partial charge in [0.15, 0.2) is 0 Å². The summed E-state index contributed by atoms with van der Waals surface area (Å²) in [5, 5.41) is 0. The minimum absolute atomic E-state index is 0.136. The Balaban J connectivity index is 1.11. The van der Waals surface area contributed by atoms with Crippen LogP contribution in [0.3, 0.4) is 0 Å². The van der Waals surface area contributed by atoms with Crippen LogP contribution in [0.15, 0.2) is 158 Å². The Morgan fingerprint density at radius 3 is 1.48 bits per heavy atom. The molecule has 5 aromatic carbocycles. The first kappa shape index (κ1) is 30.0. The van der Waals surface area contributed by atoms with Crippen LogP contribution in [0.5, 0.6) is 0 Å². The van der Waals surface area contributed by atoms with Crippen LogP contribution in [0.4, 0.5) is 0 Å². The highest BCUT2D eigenvalue weighted by molar-refractivity contribution is 7.56. The number of hydrogen-bond donors (Lipinski definition) is 0. The van der Waals surface area contributed by atoms with Crippen molar-refractivity contribution in [1.82, 2.24) is 0 Å². The van der Waals surface area contributed by atoms with E-state index in [1.54, 1.807) is 0 Å². The largest absolute Gasteiger partial charge is 0.362 e. The Labute approximate surface area is 276 Å². The Morgan fingerprint density at radius 2 is 0.957 bits per heavy atom. The molecule has 3 aliphatic rings. The number of rotatable bonds is 13. The lowest BCUT2D eigenvalue weighted by atomic mass is 9.79. The SMILES string of the molecule is C1=CC2(c3ccccc3CP(Cc3ccccc3)Cc3ccccc3)OC2(CP(Cc2ccccc2)Cc2ccccc2)C2OC12. The van der Waals surface area contributed by atoms with Crippen molar-refractivity contribution in [1.29, 1.82) is 0 Å². The quantitative estimate of drug-likeness (QED) is 0.0729. The van der Waals surface area contributed by atoms with E-state index in [0.29, 0.717) is 0 Å². The summed E-state index contributed by atoms with van der Waals surface area (Å²) in [4.78, 5) is 0. The van der Waals surface area contributed by atoms with Gasteiger partial charge in [0.2, 0.25) is 0 Å². The molecule has 2 heterocycles. The molecule has 230 valence electrons. The van der Waals surface area contributed by atoms with E-state index in [0.717, 1.165) is 37.0 Å². The van der Waals surface area contributed by atoms with Crippen LogP contribution in [0, 0.1) is 0 Å². The average molecular weight is 639 g/mol. The van der Waals surface area contributed by atoms with Crippen molar-refractivity contribution >= 4 is 15.8 Å². The van der Waals surface area contributed by atoms with E-state index in [1.165, 1.54) is 33.4 Å². The fourth-order valence-electron chi connectivity index (χ4n) is 7.49. The molecule has 4 unspecified atom stereocenters. The molecule has 0 saturated carbocycles. The van der Waals surface area contributed by atoms with Gasteiger partial charge < -0.3 is 9.47 Å². The third-order valence-corrected chi connectivity index (χ3v) is 14.7. The van der Waals surface area contributed by atoms with E-state index in [1.807, 2.05) is 0 Å². The van der Waals surface area contributed by atoms with Crippen LogP contribution in [0.25, 0.3) is 0 Å². The number of epoxide rings is 2. The van der Waals surface area contributed by atoms with Gasteiger partial charge in [-0.05, 0) is 70.3 Å². The maximum Gasteiger partial charge on any atom is 0.145 e. The minimum atomic E-state index is -0.421. The van der Waals surface area contributed by atoms with Gasteiger partial charge in [0.05, 0.1) is 0 Å². The molecule has 2 nitrogen and oxygen atoms in total. The maximum atomic E-state index is 7.17. The summed E-state index contributed by atoms with van der Waals surface area (Å²) < 4.78 is 13.5. The number of fused-ring (bicyclic) bond motifs is 3. The molecule has 1 aliphatic carbocycles. The van der Waals surface area contributed by atoms with E-state index >= 15 is 0 Å². The van der Waals surface area contributed by atoms with E-state index in [-0.39, 0.29) is 25.7 Å². The fraction of sp³-hybridized carbons (Fsp3) is 0.238. The van der Waals surface area contributed by atoms with Gasteiger partial charge in [-0.1, -0.05) is 168 Å². The van der Waals surface area contributed by atoms with Crippen LogP contribution < -0.4 is 0 Å². The van der Waals surface area contributed by atoms with Crippen molar-refractivity contribution in [2.45, 2.75) is 54.2 Å². The highest BCUT2D eigenvalue weighted by Gasteiger charge is 2.80. The molecule has 2 saturated heterocycles. The molecule has 0 bridgehead atoms. The zero-order chi connectivity index (χ0) is 30.8. The molecule has 2 aliphatic heterocycles. The smallest absolute Gasteiger partial charge is 0.145 e. The first-order valence-electron chi connectivity index (χ1n) is 16.4. The predicted molar refractivity (Wildman–Crippen MR) is 193 cm³/mol. The summed E-state index contributed by atoms with van der Waals surface area (Å²) in [6, 6.07) is 53.3. The Kier molecular flexibility index (Phi) is 8.49. The molecule has 8 rings (SSSR count). The Morgan fingerprint density at radius 1 is 0.500 bits per heavy atom. The van der Waals surface area contributed by atoms with Gasteiger partial charge in [-0.2, -0.15) is 0 Å². The third-order valence-electron chi connectivity index (χ3n) is 9.70. The van der Waals surface area contributed by atoms with Crippen molar-refractivity contribution in [2.75, 3.05) is 6.16 Å². The second-order valence-corrected chi connectivity index (χ2v) is 17.6. The van der Waals surface area contributed by atoms with E-state index in [2.05, 4.69) is 158 Å². The zero-order valence-electron chi connectivity index (χ0n) is 26.1. The molecular formula is C42H40O2P2. The first-order valence-corrected chi connectivity index (χ1v) is 20.2. The highest BCUT2D eigenvalue weighted by Crippen LogP contribution is 2.70. The van der Waals surface area contributed by atoms with Gasteiger partial charge in [0.25, 0.3) is 0 Å². The normalized spacial score (nSPS) is 24.0. The van der Waals surface area contributed by atoms with Crippen LogP contribution >= 0.6 is 15.8 Å². The number of ether oxygens (including phenoxy) is 2. The number of benzene rings is 5. The molecule has 0 aromatic heterocycles. The second kappa shape index (κ2) is 13.0. The van der Waals surface area contributed by atoms with Gasteiger partial charge >= 0.3 is 0 Å². The van der Waals surface area contributed by atoms with Crippen molar-refractivity contribution < 1.29 is 9.47 Å². The van der Waals surface area contributed by atoms with Crippen molar-refractivity contribution in [2.24, 2.45) is 0 Å². The van der Waals surface area contributed by atoms with E-state index in [9.17, 15) is 0 Å². The van der Waals surface area contributed by atoms with Crippen LogP contribution in [0.1, 0.15) is 33.4 Å². The summed E-state index contributed by atoms with van der Waals surface area (Å²) in [7, 11) is -0.731. The van der Waals surface area contributed by atoms with Gasteiger partial charge in [0.1, 0.15) is 23.4 Å². The summed E-state index contributed by atoms with van der Waals surface area (Å²) in [5.74, 6) is 0. The predicted octanol–water partition coefficient (Wildman–Crippen LogP) is 10.3. The second-order valence-electron chi connectivity index (χ2n) is 13.0.